The van der Waals surface area contributed by atoms with Crippen LogP contribution in [-0.4, -0.2) is 82.2 Å². The summed E-state index contributed by atoms with van der Waals surface area (Å²) >= 11 is 14.4. The van der Waals surface area contributed by atoms with Crippen molar-refractivity contribution in [3.05, 3.63) is 208 Å². The highest BCUT2D eigenvalue weighted by atomic mass is 35.6. The molecule has 17 rings (SSSR count). The number of ether oxygens (including phenoxy) is 10. The summed E-state index contributed by atoms with van der Waals surface area (Å²) in [5, 5.41) is 14.0. The number of aryl methyl sites for hydroxylation is 2. The molecule has 0 amide bonds. The first-order valence-corrected chi connectivity index (χ1v) is 33.9. The quantitative estimate of drug-likeness (QED) is 0.0612. The molecule has 0 aliphatic carbocycles. The lowest BCUT2D eigenvalue weighted by Crippen LogP contribution is -2.30. The van der Waals surface area contributed by atoms with Crippen LogP contribution in [0.3, 0.4) is 0 Å². The maximum absolute atomic E-state index is 13.1. The van der Waals surface area contributed by atoms with Crippen LogP contribution in [0.2, 0.25) is 0 Å². The number of benzene rings is 8. The standard InChI is InChI=1S/2C20H18O5.C20H18O4.C19H16O5.CH4.BCl3/c1-10-7-14-12(8-15(24-14)20(2)9-23-20)19-16(10)17(21)11-5-4-6-13(22-3)18(11)25-19;1-10(2)14-8-12-15(24-14)9-16(23-4)17-18(21)11-6-5-7-13(22-3)19(11)25-20(12)17;1-10(2)15-9-13-16(23-15)8-11(3)17-18(21)12-6-5-7-14(22-4)19(12)24-20(13)17;1-9(2)14-7-11-15(23-14)8-12(20)16-17(21)10-5-4-6-13(22-3)18(10)24-19(11)16;;2-1(3)4/h4-7,15H,8-9H2,1-3H3;5-7,9,14H,1,8H2,2-4H3;5-8,15H,1,9H2,2-4H3;4-6,8,14,20H,1,7H2,2-3H3;1H4;/t15-,20-;14-;15-;14-;;/m1111../s1. The summed E-state index contributed by atoms with van der Waals surface area (Å²) in [7, 11) is 7.74. The van der Waals surface area contributed by atoms with Crippen LogP contribution < -0.4 is 64.3 Å². The molecular weight excluding hydrogens is 1380 g/mol. The van der Waals surface area contributed by atoms with Gasteiger partial charge < -0.3 is 70.1 Å². The van der Waals surface area contributed by atoms with Gasteiger partial charge in [0.25, 0.3) is 0 Å². The molecule has 0 spiro atoms. The van der Waals surface area contributed by atoms with Crippen LogP contribution >= 0.6 is 34.4 Å². The summed E-state index contributed by atoms with van der Waals surface area (Å²) in [5.41, 5.74) is 11.0. The number of phenolic OH excluding ortho intramolecular Hbond substituents is 1. The SMILES string of the molecule is C.C=C(C)[C@H]1Cc2c(cc(C)c3c(=O)c4cccc(OC)c4oc23)O1.C=C(C)[C@H]1Cc2c(cc(O)c3c(=O)c4cccc(OC)c4oc23)O1.C=C(C)[C@H]1Cc2c(cc(OC)c3c(=O)c4cccc(OC)c4oc23)O1.COc1cccc2c(=O)c3c(C)cc4c(c3oc12)C[C@H]([C@@]1(C)CO1)O4.ClB(Cl)Cl. The maximum atomic E-state index is 13.1. The lowest BCUT2D eigenvalue weighted by molar-refractivity contribution is 0.127. The number of epoxide rings is 1. The van der Waals surface area contributed by atoms with Crippen LogP contribution in [0.5, 0.6) is 57.5 Å². The first kappa shape index (κ1) is 72.5. The number of methoxy groups -OCH3 is 5. The van der Waals surface area contributed by atoms with Gasteiger partial charge in [-0.15, -0.1) is 0 Å². The van der Waals surface area contributed by atoms with Gasteiger partial charge in [-0.25, -0.2) is 0 Å². The lowest BCUT2D eigenvalue weighted by atomic mass is 9.97. The summed E-state index contributed by atoms with van der Waals surface area (Å²) in [6, 6.07) is 28.2. The summed E-state index contributed by atoms with van der Waals surface area (Å²) in [4.78, 5) is 51.3. The van der Waals surface area contributed by atoms with E-state index in [0.717, 1.165) is 61.6 Å². The van der Waals surface area contributed by atoms with Gasteiger partial charge in [-0.05, 0) is 130 Å². The van der Waals surface area contributed by atoms with E-state index in [1.54, 1.807) is 100 Å². The largest absolute Gasteiger partial charge is 0.507 e. The number of para-hydroxylation sites is 4. The molecule has 23 heteroatoms. The normalized spacial score (nSPS) is 17.6. The molecule has 532 valence electrons. The van der Waals surface area contributed by atoms with Crippen LogP contribution in [0, 0.1) is 13.8 Å². The molecule has 5 aliphatic rings. The van der Waals surface area contributed by atoms with Crippen molar-refractivity contribution >= 4 is 127 Å². The van der Waals surface area contributed by atoms with Crippen molar-refractivity contribution in [1.29, 1.82) is 0 Å². The number of hydrogen-bond acceptors (Lipinski definition) is 19. The fourth-order valence-electron chi connectivity index (χ4n) is 13.5. The van der Waals surface area contributed by atoms with Gasteiger partial charge in [-0.2, -0.15) is 34.4 Å². The molecule has 12 aromatic rings. The molecule has 1 saturated heterocycles. The topological polar surface area (TPSA) is 237 Å². The summed E-state index contributed by atoms with van der Waals surface area (Å²) in [6.45, 7) is 24.2. The van der Waals surface area contributed by atoms with E-state index in [4.69, 9.17) is 99.4 Å². The third kappa shape index (κ3) is 13.0. The average Bonchev–Trinajstić information content (AvgIpc) is 1.68. The third-order valence-corrected chi connectivity index (χ3v) is 19.0. The van der Waals surface area contributed by atoms with Gasteiger partial charge in [0.15, 0.2) is 45.3 Å². The van der Waals surface area contributed by atoms with Gasteiger partial charge in [-0.1, -0.05) is 51.4 Å². The van der Waals surface area contributed by atoms with Crippen LogP contribution in [0.15, 0.2) is 170 Å². The van der Waals surface area contributed by atoms with Crippen molar-refractivity contribution in [3.63, 3.8) is 0 Å². The van der Waals surface area contributed by atoms with E-state index in [0.29, 0.717) is 155 Å². The molecule has 0 bridgehead atoms. The molecular formula is C80H74BCl3O19. The molecule has 5 atom stereocenters. The Morgan fingerprint density at radius 3 is 1.08 bits per heavy atom. The predicted octanol–water partition coefficient (Wildman–Crippen LogP) is 17.2. The molecule has 103 heavy (non-hydrogen) atoms. The molecule has 1 fully saturated rings. The molecule has 9 heterocycles. The smallest absolute Gasteiger partial charge is 0.450 e. The lowest BCUT2D eigenvalue weighted by Gasteiger charge is -2.14. The molecule has 4 aromatic heterocycles. The number of hydrogen-bond donors (Lipinski definition) is 1. The predicted molar refractivity (Wildman–Crippen MR) is 405 cm³/mol. The van der Waals surface area contributed by atoms with Crippen molar-refractivity contribution in [1.82, 2.24) is 0 Å². The van der Waals surface area contributed by atoms with Crippen LogP contribution in [-0.2, 0) is 30.4 Å². The number of aromatic hydroxyl groups is 1. The van der Waals surface area contributed by atoms with Gasteiger partial charge in [0.2, 0.25) is 21.7 Å². The van der Waals surface area contributed by atoms with E-state index < -0.39 is 4.96 Å². The van der Waals surface area contributed by atoms with E-state index in [1.165, 1.54) is 20.3 Å². The fraction of sp³-hybridized carbons (Fsp3) is 0.275. The highest BCUT2D eigenvalue weighted by Gasteiger charge is 2.52. The van der Waals surface area contributed by atoms with Gasteiger partial charge >= 0.3 is 4.96 Å². The molecule has 0 radical (unpaired) electrons. The first-order chi connectivity index (χ1) is 48.8. The van der Waals surface area contributed by atoms with Crippen LogP contribution in [0.4, 0.5) is 0 Å². The van der Waals surface area contributed by atoms with Crippen molar-refractivity contribution in [2.75, 3.05) is 42.2 Å². The number of halogens is 3. The Kier molecular flexibility index (Phi) is 20.1. The van der Waals surface area contributed by atoms with Gasteiger partial charge in [0.1, 0.15) is 97.6 Å². The zero-order chi connectivity index (χ0) is 72.7. The van der Waals surface area contributed by atoms with Crippen molar-refractivity contribution in [2.24, 2.45) is 0 Å². The zero-order valence-electron chi connectivity index (χ0n) is 57.7. The van der Waals surface area contributed by atoms with Crippen molar-refractivity contribution in [2.45, 2.75) is 105 Å². The van der Waals surface area contributed by atoms with Gasteiger partial charge in [-0.3, -0.25) is 19.2 Å². The van der Waals surface area contributed by atoms with E-state index in [9.17, 15) is 24.3 Å². The second kappa shape index (κ2) is 28.5. The first-order valence-electron chi connectivity index (χ1n) is 32.5. The highest BCUT2D eigenvalue weighted by Crippen LogP contribution is 2.48. The Labute approximate surface area is 605 Å². The zero-order valence-corrected chi connectivity index (χ0v) is 60.0. The minimum atomic E-state index is -0.750. The molecule has 5 aliphatic heterocycles. The Hall–Kier alpha value is -10.2. The number of rotatable bonds is 9. The Morgan fingerprint density at radius 2 is 0.738 bits per heavy atom. The number of phenols is 1. The molecule has 19 nitrogen and oxygen atoms in total. The maximum Gasteiger partial charge on any atom is 0.450 e. The second-order valence-corrected chi connectivity index (χ2v) is 27.8. The van der Waals surface area contributed by atoms with Crippen LogP contribution in [0.25, 0.3) is 87.8 Å². The van der Waals surface area contributed by atoms with E-state index in [-0.39, 0.29) is 70.3 Å². The van der Waals surface area contributed by atoms with Gasteiger partial charge in [0.05, 0.1) is 74.5 Å². The minimum absolute atomic E-state index is 0. The Balaban J connectivity index is 0.000000127. The summed E-state index contributed by atoms with van der Waals surface area (Å²) in [5.74, 6) is 5.12. The Morgan fingerprint density at radius 1 is 0.447 bits per heavy atom. The van der Waals surface area contributed by atoms with Crippen molar-refractivity contribution < 1.29 is 70.1 Å². The monoisotopic (exact) mass is 1450 g/mol. The summed E-state index contributed by atoms with van der Waals surface area (Å²) in [6.07, 6.45) is 2.03. The van der Waals surface area contributed by atoms with Crippen LogP contribution in [0.1, 0.15) is 68.5 Å². The van der Waals surface area contributed by atoms with E-state index in [1.807, 2.05) is 53.7 Å². The fourth-order valence-corrected chi connectivity index (χ4v) is 13.5. The molecule has 8 aromatic carbocycles. The minimum Gasteiger partial charge on any atom is -0.507 e. The third-order valence-electron chi connectivity index (χ3n) is 19.0. The summed E-state index contributed by atoms with van der Waals surface area (Å²) < 4.78 is 80.8. The molecule has 0 unspecified atom stereocenters. The average molecular weight is 1460 g/mol. The number of fused-ring (bicyclic) bond motifs is 16. The second-order valence-electron chi connectivity index (χ2n) is 25.8. The Bertz CT molecular complexity index is 5590. The highest BCUT2D eigenvalue weighted by molar-refractivity contribution is 7.54. The van der Waals surface area contributed by atoms with Gasteiger partial charge in [0, 0.05) is 60.1 Å². The van der Waals surface area contributed by atoms with E-state index in [2.05, 4.69) is 19.7 Å². The molecule has 0 saturated carbocycles. The molecule has 1 N–H and O–H groups in total. The van der Waals surface area contributed by atoms with Crippen molar-refractivity contribution in [3.8, 4) is 57.5 Å². The van der Waals surface area contributed by atoms with E-state index >= 15 is 0 Å².